The summed E-state index contributed by atoms with van der Waals surface area (Å²) in [5.74, 6) is -1.04. The minimum atomic E-state index is -4.73. The van der Waals surface area contributed by atoms with Crippen LogP contribution in [0.15, 0.2) is 48.5 Å². The highest BCUT2D eigenvalue weighted by atomic mass is 19.4. The number of carbonyl (C=O) groups is 1. The maximum atomic E-state index is 12.2. The van der Waals surface area contributed by atoms with Gasteiger partial charge in [-0.15, -0.1) is 18.3 Å². The molecule has 140 valence electrons. The second-order valence-corrected chi connectivity index (χ2v) is 5.31. The van der Waals surface area contributed by atoms with Gasteiger partial charge in [-0.05, 0) is 35.4 Å². The van der Waals surface area contributed by atoms with Crippen LogP contribution >= 0.6 is 0 Å². The second kappa shape index (κ2) is 7.36. The molecule has 2 aromatic carbocycles. The molecular formula is C17H12F3N3O4. The van der Waals surface area contributed by atoms with Crippen molar-refractivity contribution in [2.45, 2.75) is 13.0 Å². The normalized spacial score (nSPS) is 11.2. The fourth-order valence-electron chi connectivity index (χ4n) is 2.27. The van der Waals surface area contributed by atoms with Gasteiger partial charge in [-0.2, -0.15) is 10.3 Å². The average Bonchev–Trinajstić information content (AvgIpc) is 3.09. The van der Waals surface area contributed by atoms with Crippen LogP contribution in [-0.2, 0) is 6.61 Å². The summed E-state index contributed by atoms with van der Waals surface area (Å²) in [6.45, 7) is -0.0824. The van der Waals surface area contributed by atoms with Crippen LogP contribution in [0.5, 0.6) is 11.5 Å². The molecule has 3 rings (SSSR count). The van der Waals surface area contributed by atoms with Gasteiger partial charge in [0, 0.05) is 0 Å². The largest absolute Gasteiger partial charge is 0.573 e. The summed E-state index contributed by atoms with van der Waals surface area (Å²) in [6.07, 6.45) is -4.73. The zero-order chi connectivity index (χ0) is 19.4. The summed E-state index contributed by atoms with van der Waals surface area (Å²) in [5, 5.41) is 18.4. The Hall–Kier alpha value is -3.56. The van der Waals surface area contributed by atoms with Crippen LogP contribution in [0.1, 0.15) is 16.2 Å². The summed E-state index contributed by atoms with van der Waals surface area (Å²) < 4.78 is 45.8. The summed E-state index contributed by atoms with van der Waals surface area (Å²) in [6, 6.07) is 12.2. The number of hydrogen-bond donors (Lipinski definition) is 2. The van der Waals surface area contributed by atoms with Gasteiger partial charge in [-0.25, -0.2) is 4.79 Å². The number of nitrogens with zero attached hydrogens (tertiary/aromatic N) is 2. The average molecular weight is 379 g/mol. The van der Waals surface area contributed by atoms with Crippen molar-refractivity contribution in [2.75, 3.05) is 0 Å². The molecule has 0 spiro atoms. The number of halogens is 3. The summed E-state index contributed by atoms with van der Waals surface area (Å²) in [5.41, 5.74) is 1.40. The zero-order valence-electron chi connectivity index (χ0n) is 13.5. The van der Waals surface area contributed by atoms with Crippen LogP contribution in [0.3, 0.4) is 0 Å². The van der Waals surface area contributed by atoms with Crippen molar-refractivity contribution >= 4 is 5.97 Å². The highest BCUT2D eigenvalue weighted by Gasteiger charge is 2.30. The third-order valence-electron chi connectivity index (χ3n) is 3.47. The minimum Gasteiger partial charge on any atom is -0.487 e. The number of aromatic amines is 1. The standard InChI is InChI=1S/C17H12F3N3O4/c18-17(19,20)27-13-7-3-11(4-8-13)10-1-5-12(6-2-10)26-9-14-15(16(24)25)22-23-21-14/h1-8H,9H2,(H,24,25)(H,21,22,23). The van der Waals surface area contributed by atoms with E-state index >= 15 is 0 Å². The molecular weight excluding hydrogens is 367 g/mol. The Morgan fingerprint density at radius 3 is 2.04 bits per heavy atom. The Balaban J connectivity index is 1.65. The molecule has 27 heavy (non-hydrogen) atoms. The monoisotopic (exact) mass is 379 g/mol. The molecule has 0 amide bonds. The van der Waals surface area contributed by atoms with E-state index in [2.05, 4.69) is 20.1 Å². The molecule has 0 saturated heterocycles. The number of aromatic nitrogens is 3. The molecule has 0 unspecified atom stereocenters. The van der Waals surface area contributed by atoms with Crippen LogP contribution in [-0.4, -0.2) is 32.8 Å². The maximum Gasteiger partial charge on any atom is 0.573 e. The molecule has 3 aromatic rings. The van der Waals surface area contributed by atoms with E-state index in [0.29, 0.717) is 11.3 Å². The topological polar surface area (TPSA) is 97.3 Å². The number of nitrogens with one attached hydrogen (secondary N) is 1. The number of H-pyrrole nitrogens is 1. The predicted octanol–water partition coefficient (Wildman–Crippen LogP) is 3.65. The lowest BCUT2D eigenvalue weighted by Gasteiger charge is -2.10. The van der Waals surface area contributed by atoms with Gasteiger partial charge < -0.3 is 14.6 Å². The lowest BCUT2D eigenvalue weighted by molar-refractivity contribution is -0.274. The van der Waals surface area contributed by atoms with E-state index in [0.717, 1.165) is 5.56 Å². The molecule has 0 aliphatic carbocycles. The first-order chi connectivity index (χ1) is 12.8. The zero-order valence-corrected chi connectivity index (χ0v) is 13.5. The highest BCUT2D eigenvalue weighted by Crippen LogP contribution is 2.27. The van der Waals surface area contributed by atoms with Gasteiger partial charge in [0.2, 0.25) is 0 Å². The molecule has 0 fully saturated rings. The molecule has 1 aromatic heterocycles. The molecule has 0 aliphatic rings. The lowest BCUT2D eigenvalue weighted by Crippen LogP contribution is -2.16. The van der Waals surface area contributed by atoms with Gasteiger partial charge in [0.1, 0.15) is 23.8 Å². The van der Waals surface area contributed by atoms with Crippen molar-refractivity contribution in [1.29, 1.82) is 0 Å². The van der Waals surface area contributed by atoms with Gasteiger partial charge in [0.25, 0.3) is 0 Å². The summed E-state index contributed by atoms with van der Waals surface area (Å²) in [4.78, 5) is 10.9. The smallest absolute Gasteiger partial charge is 0.487 e. The number of carboxylic acids is 1. The van der Waals surface area contributed by atoms with E-state index in [4.69, 9.17) is 9.84 Å². The van der Waals surface area contributed by atoms with Crippen LogP contribution < -0.4 is 9.47 Å². The third-order valence-corrected chi connectivity index (χ3v) is 3.47. The number of carboxylic acid groups (broad SMARTS) is 1. The molecule has 0 bridgehead atoms. The minimum absolute atomic E-state index is 0.0824. The number of benzene rings is 2. The van der Waals surface area contributed by atoms with Crippen LogP contribution in [0, 0.1) is 0 Å². The second-order valence-electron chi connectivity index (χ2n) is 5.31. The third kappa shape index (κ3) is 4.75. The van der Waals surface area contributed by atoms with Gasteiger partial charge in [0.05, 0.1) is 0 Å². The van der Waals surface area contributed by atoms with Crippen molar-refractivity contribution in [3.8, 4) is 22.6 Å². The van der Waals surface area contributed by atoms with Crippen LogP contribution in [0.25, 0.3) is 11.1 Å². The molecule has 1 heterocycles. The maximum absolute atomic E-state index is 12.2. The first-order valence-electron chi connectivity index (χ1n) is 7.54. The summed E-state index contributed by atoms with van der Waals surface area (Å²) >= 11 is 0. The molecule has 0 atom stereocenters. The van der Waals surface area contributed by atoms with Crippen LogP contribution in [0.2, 0.25) is 0 Å². The molecule has 10 heteroatoms. The van der Waals surface area contributed by atoms with Gasteiger partial charge >= 0.3 is 12.3 Å². The van der Waals surface area contributed by atoms with E-state index in [9.17, 15) is 18.0 Å². The quantitative estimate of drug-likeness (QED) is 0.679. The van der Waals surface area contributed by atoms with Crippen molar-refractivity contribution in [3.05, 3.63) is 59.9 Å². The fraction of sp³-hybridized carbons (Fsp3) is 0.118. The summed E-state index contributed by atoms with van der Waals surface area (Å²) in [7, 11) is 0. The number of hydrogen-bond acceptors (Lipinski definition) is 5. The van der Waals surface area contributed by atoms with Gasteiger partial charge in [0.15, 0.2) is 5.69 Å². The molecule has 7 nitrogen and oxygen atoms in total. The van der Waals surface area contributed by atoms with Crippen molar-refractivity contribution in [2.24, 2.45) is 0 Å². The van der Waals surface area contributed by atoms with E-state index in [1.165, 1.54) is 24.3 Å². The van der Waals surface area contributed by atoms with E-state index in [1.807, 2.05) is 0 Å². The van der Waals surface area contributed by atoms with Gasteiger partial charge in [-0.1, -0.05) is 24.3 Å². The predicted molar refractivity (Wildman–Crippen MR) is 86.2 cm³/mol. The van der Waals surface area contributed by atoms with Crippen LogP contribution in [0.4, 0.5) is 13.2 Å². The first-order valence-corrected chi connectivity index (χ1v) is 7.54. The number of rotatable bonds is 6. The van der Waals surface area contributed by atoms with E-state index in [1.54, 1.807) is 24.3 Å². The fourth-order valence-corrected chi connectivity index (χ4v) is 2.27. The van der Waals surface area contributed by atoms with E-state index < -0.39 is 12.3 Å². The number of alkyl halides is 3. The number of ether oxygens (including phenoxy) is 2. The molecule has 2 N–H and O–H groups in total. The Kier molecular flexibility index (Phi) is 4.97. The Morgan fingerprint density at radius 1 is 0.963 bits per heavy atom. The van der Waals surface area contributed by atoms with Crippen molar-refractivity contribution in [1.82, 2.24) is 15.4 Å². The van der Waals surface area contributed by atoms with Crippen molar-refractivity contribution in [3.63, 3.8) is 0 Å². The Labute approximate surface area is 150 Å². The molecule has 0 radical (unpaired) electrons. The molecule has 0 aliphatic heterocycles. The van der Waals surface area contributed by atoms with Crippen molar-refractivity contribution < 1.29 is 32.5 Å². The Morgan fingerprint density at radius 2 is 1.52 bits per heavy atom. The molecule has 0 saturated carbocycles. The SMILES string of the molecule is O=C(O)c1n[nH]nc1COc1ccc(-c2ccc(OC(F)(F)F)cc2)cc1. The number of aromatic carboxylic acids is 1. The van der Waals surface area contributed by atoms with E-state index in [-0.39, 0.29) is 23.7 Å². The highest BCUT2D eigenvalue weighted by molar-refractivity contribution is 5.86. The first kappa shape index (κ1) is 18.2. The Bertz CT molecular complexity index is 922. The lowest BCUT2D eigenvalue weighted by atomic mass is 10.1. The van der Waals surface area contributed by atoms with Gasteiger partial charge in [-0.3, -0.25) is 0 Å².